The molecule has 1 atom stereocenters. The number of hydrogen-bond donors (Lipinski definition) is 1. The minimum absolute atomic E-state index is 0.0418. The molecule has 2 aromatic carbocycles. The number of carbonyl (C=O) groups is 2. The minimum Gasteiger partial charge on any atom is -0.335 e. The molecule has 7 heteroatoms. The number of carbonyl (C=O) groups excluding carboxylic acids is 2. The van der Waals surface area contributed by atoms with Crippen molar-refractivity contribution in [1.29, 1.82) is 0 Å². The van der Waals surface area contributed by atoms with Crippen molar-refractivity contribution in [2.75, 3.05) is 25.0 Å². The quantitative estimate of drug-likeness (QED) is 0.688. The van der Waals surface area contributed by atoms with E-state index >= 15 is 0 Å². The zero-order chi connectivity index (χ0) is 22.4. The summed E-state index contributed by atoms with van der Waals surface area (Å²) in [7, 11) is 0. The van der Waals surface area contributed by atoms with Crippen molar-refractivity contribution in [2.24, 2.45) is 0 Å². The summed E-state index contributed by atoms with van der Waals surface area (Å²) < 4.78 is 13.1. The smallest absolute Gasteiger partial charge is 0.246 e. The molecule has 0 unspecified atom stereocenters. The van der Waals surface area contributed by atoms with Gasteiger partial charge in [-0.05, 0) is 54.8 Å². The second kappa shape index (κ2) is 10.6. The second-order valence-corrected chi connectivity index (χ2v) is 8.28. The summed E-state index contributed by atoms with van der Waals surface area (Å²) >= 11 is 6.03. The lowest BCUT2D eigenvalue weighted by Crippen LogP contribution is -2.41. The lowest BCUT2D eigenvalue weighted by Gasteiger charge is -2.28. The SMILES string of the molecule is CC(=O)Nc1cc(Cl)ccc1/C=C/C(=O)N1CCCN(Cc2ccc(F)cc2)C[C@H]1C. The summed E-state index contributed by atoms with van der Waals surface area (Å²) in [6.07, 6.45) is 4.11. The van der Waals surface area contributed by atoms with Crippen molar-refractivity contribution in [3.8, 4) is 0 Å². The molecule has 1 heterocycles. The summed E-state index contributed by atoms with van der Waals surface area (Å²) in [6, 6.07) is 11.7. The number of nitrogens with zero attached hydrogens (tertiary/aromatic N) is 2. The molecule has 0 saturated carbocycles. The first-order chi connectivity index (χ1) is 14.8. The topological polar surface area (TPSA) is 52.7 Å². The van der Waals surface area contributed by atoms with E-state index in [1.807, 2.05) is 11.8 Å². The van der Waals surface area contributed by atoms with Crippen LogP contribution in [0.2, 0.25) is 5.02 Å². The molecule has 1 aliphatic heterocycles. The largest absolute Gasteiger partial charge is 0.335 e. The Labute approximate surface area is 187 Å². The predicted octanol–water partition coefficient (Wildman–Crippen LogP) is 4.57. The first-order valence-corrected chi connectivity index (χ1v) is 10.7. The number of halogens is 2. The fourth-order valence-corrected chi connectivity index (χ4v) is 3.97. The molecular weight excluding hydrogens is 417 g/mol. The Balaban J connectivity index is 1.65. The predicted molar refractivity (Wildman–Crippen MR) is 122 cm³/mol. The van der Waals surface area contributed by atoms with Crippen LogP contribution in [0, 0.1) is 5.82 Å². The molecule has 0 aromatic heterocycles. The molecule has 31 heavy (non-hydrogen) atoms. The number of hydrogen-bond acceptors (Lipinski definition) is 3. The molecule has 1 fully saturated rings. The van der Waals surface area contributed by atoms with Crippen LogP contribution in [-0.4, -0.2) is 47.3 Å². The summed E-state index contributed by atoms with van der Waals surface area (Å²) in [5.41, 5.74) is 2.34. The van der Waals surface area contributed by atoms with Gasteiger partial charge in [0.1, 0.15) is 5.82 Å². The maximum absolute atomic E-state index is 13.1. The highest BCUT2D eigenvalue weighted by Crippen LogP contribution is 2.23. The Morgan fingerprint density at radius 2 is 1.94 bits per heavy atom. The lowest BCUT2D eigenvalue weighted by molar-refractivity contribution is -0.127. The number of nitrogens with one attached hydrogen (secondary N) is 1. The van der Waals surface area contributed by atoms with Gasteiger partial charge in [0.05, 0.1) is 0 Å². The fourth-order valence-electron chi connectivity index (χ4n) is 3.80. The Hall–Kier alpha value is -2.70. The van der Waals surface area contributed by atoms with Gasteiger partial charge in [-0.3, -0.25) is 14.5 Å². The Morgan fingerprint density at radius 3 is 2.65 bits per heavy atom. The molecule has 1 saturated heterocycles. The molecule has 2 aromatic rings. The molecule has 1 N–H and O–H groups in total. The number of anilines is 1. The van der Waals surface area contributed by atoms with E-state index in [0.717, 1.165) is 31.6 Å². The van der Waals surface area contributed by atoms with Crippen LogP contribution in [0.3, 0.4) is 0 Å². The highest BCUT2D eigenvalue weighted by Gasteiger charge is 2.24. The normalized spacial score (nSPS) is 17.5. The van der Waals surface area contributed by atoms with Gasteiger partial charge in [0, 0.05) is 55.9 Å². The standard InChI is InChI=1S/C24H27ClFN3O2/c1-17-15-28(16-19-4-9-22(26)10-5-19)12-3-13-29(17)24(31)11-7-20-6-8-21(25)14-23(20)27-18(2)30/h4-11,14,17H,3,12-13,15-16H2,1-2H3,(H,27,30)/b11-7+/t17-/m1/s1. The first-order valence-electron chi connectivity index (χ1n) is 10.3. The molecule has 2 amide bonds. The van der Waals surface area contributed by atoms with Gasteiger partial charge in [-0.25, -0.2) is 4.39 Å². The molecule has 0 radical (unpaired) electrons. The Bertz CT molecular complexity index is 962. The third-order valence-electron chi connectivity index (χ3n) is 5.26. The van der Waals surface area contributed by atoms with Crippen LogP contribution in [0.25, 0.3) is 6.08 Å². The van der Waals surface area contributed by atoms with Gasteiger partial charge in [-0.1, -0.05) is 29.8 Å². The maximum atomic E-state index is 13.1. The molecule has 5 nitrogen and oxygen atoms in total. The zero-order valence-corrected chi connectivity index (χ0v) is 18.5. The van der Waals surface area contributed by atoms with Crippen molar-refractivity contribution in [3.63, 3.8) is 0 Å². The number of benzene rings is 2. The van der Waals surface area contributed by atoms with Crippen LogP contribution >= 0.6 is 11.6 Å². The number of rotatable bonds is 5. The lowest BCUT2D eigenvalue weighted by atomic mass is 10.1. The molecule has 0 aliphatic carbocycles. The van der Waals surface area contributed by atoms with Gasteiger partial charge >= 0.3 is 0 Å². The van der Waals surface area contributed by atoms with Crippen molar-refractivity contribution in [1.82, 2.24) is 9.80 Å². The van der Waals surface area contributed by atoms with Crippen LogP contribution in [0.5, 0.6) is 0 Å². The van der Waals surface area contributed by atoms with Gasteiger partial charge in [-0.2, -0.15) is 0 Å². The van der Waals surface area contributed by atoms with E-state index in [1.165, 1.54) is 19.1 Å². The van der Waals surface area contributed by atoms with Crippen molar-refractivity contribution >= 4 is 35.2 Å². The van der Waals surface area contributed by atoms with Crippen LogP contribution in [-0.2, 0) is 16.1 Å². The van der Waals surface area contributed by atoms with E-state index < -0.39 is 0 Å². The Morgan fingerprint density at radius 1 is 1.19 bits per heavy atom. The third-order valence-corrected chi connectivity index (χ3v) is 5.50. The van der Waals surface area contributed by atoms with Crippen molar-refractivity contribution < 1.29 is 14.0 Å². The maximum Gasteiger partial charge on any atom is 0.246 e. The highest BCUT2D eigenvalue weighted by atomic mass is 35.5. The van der Waals surface area contributed by atoms with Crippen molar-refractivity contribution in [2.45, 2.75) is 32.9 Å². The molecular formula is C24H27ClFN3O2. The third kappa shape index (κ3) is 6.64. The fraction of sp³-hybridized carbons (Fsp3) is 0.333. The van der Waals surface area contributed by atoms with Crippen LogP contribution in [0.1, 0.15) is 31.4 Å². The van der Waals surface area contributed by atoms with E-state index in [1.54, 1.807) is 42.5 Å². The van der Waals surface area contributed by atoms with Gasteiger partial charge in [-0.15, -0.1) is 0 Å². The monoisotopic (exact) mass is 443 g/mol. The summed E-state index contributed by atoms with van der Waals surface area (Å²) in [4.78, 5) is 28.5. The van der Waals surface area contributed by atoms with Crippen LogP contribution in [0.15, 0.2) is 48.5 Å². The summed E-state index contributed by atoms with van der Waals surface area (Å²) in [6.45, 7) is 6.49. The molecule has 3 rings (SSSR count). The van der Waals surface area contributed by atoms with Crippen LogP contribution < -0.4 is 5.32 Å². The van der Waals surface area contributed by atoms with Gasteiger partial charge in [0.15, 0.2) is 0 Å². The van der Waals surface area contributed by atoms with E-state index in [0.29, 0.717) is 22.8 Å². The average molecular weight is 444 g/mol. The first kappa shape index (κ1) is 23.0. The van der Waals surface area contributed by atoms with E-state index in [2.05, 4.69) is 10.2 Å². The van der Waals surface area contributed by atoms with Crippen LogP contribution in [0.4, 0.5) is 10.1 Å². The molecule has 164 valence electrons. The zero-order valence-electron chi connectivity index (χ0n) is 17.8. The summed E-state index contributed by atoms with van der Waals surface area (Å²) in [5, 5.41) is 3.25. The molecule has 1 aliphatic rings. The van der Waals surface area contributed by atoms with E-state index in [-0.39, 0.29) is 23.7 Å². The van der Waals surface area contributed by atoms with Gasteiger partial charge < -0.3 is 10.2 Å². The average Bonchev–Trinajstić information content (AvgIpc) is 2.89. The molecule has 0 spiro atoms. The number of amides is 2. The van der Waals surface area contributed by atoms with E-state index in [9.17, 15) is 14.0 Å². The molecule has 0 bridgehead atoms. The minimum atomic E-state index is -0.237. The van der Waals surface area contributed by atoms with E-state index in [4.69, 9.17) is 11.6 Å². The summed E-state index contributed by atoms with van der Waals surface area (Å²) in [5.74, 6) is -0.510. The van der Waals surface area contributed by atoms with Gasteiger partial charge in [0.25, 0.3) is 0 Å². The second-order valence-electron chi connectivity index (χ2n) is 7.84. The van der Waals surface area contributed by atoms with Gasteiger partial charge in [0.2, 0.25) is 11.8 Å². The van der Waals surface area contributed by atoms with Crippen molar-refractivity contribution in [3.05, 3.63) is 70.5 Å². The highest BCUT2D eigenvalue weighted by molar-refractivity contribution is 6.31. The Kier molecular flexibility index (Phi) is 7.82.